The van der Waals surface area contributed by atoms with Crippen molar-refractivity contribution in [1.29, 1.82) is 0 Å². The van der Waals surface area contributed by atoms with Crippen molar-refractivity contribution in [3.05, 3.63) is 35.9 Å². The van der Waals surface area contributed by atoms with Crippen molar-refractivity contribution in [2.45, 2.75) is 58.8 Å². The Bertz CT molecular complexity index is 249. The summed E-state index contributed by atoms with van der Waals surface area (Å²) in [7, 11) is 0. The SMILES string of the molecule is CC.[HH].c1ccc(CCCC2CCCC2)cc1. The van der Waals surface area contributed by atoms with E-state index in [2.05, 4.69) is 30.3 Å². The smallest absolute Gasteiger partial charge is 0 e. The van der Waals surface area contributed by atoms with E-state index in [-0.39, 0.29) is 1.43 Å². The summed E-state index contributed by atoms with van der Waals surface area (Å²) in [6, 6.07) is 10.9. The van der Waals surface area contributed by atoms with Gasteiger partial charge in [-0.2, -0.15) is 0 Å². The highest BCUT2D eigenvalue weighted by atomic mass is 14.2. The van der Waals surface area contributed by atoms with Crippen molar-refractivity contribution >= 4 is 0 Å². The molecule has 1 aromatic rings. The molecule has 1 saturated carbocycles. The van der Waals surface area contributed by atoms with Crippen LogP contribution in [0.2, 0.25) is 0 Å². The molecule has 0 aromatic heterocycles. The van der Waals surface area contributed by atoms with Crippen LogP contribution < -0.4 is 0 Å². The van der Waals surface area contributed by atoms with Crippen LogP contribution in [0.25, 0.3) is 0 Å². The topological polar surface area (TPSA) is 0 Å². The monoisotopic (exact) mass is 220 g/mol. The van der Waals surface area contributed by atoms with Crippen molar-refractivity contribution < 1.29 is 1.43 Å². The third kappa shape index (κ3) is 4.83. The molecule has 16 heavy (non-hydrogen) atoms. The average molecular weight is 220 g/mol. The van der Waals surface area contributed by atoms with Gasteiger partial charge < -0.3 is 0 Å². The van der Waals surface area contributed by atoms with Gasteiger partial charge >= 0.3 is 0 Å². The standard InChI is InChI=1S/C14H20.C2H6.H2/c1-2-7-13(8-3-1)11-6-12-14-9-4-5-10-14;1-2;/h1-3,7-8,14H,4-6,9-12H2;1-2H3;1H. The maximum Gasteiger partial charge on any atom is 0 e. The van der Waals surface area contributed by atoms with Crippen molar-refractivity contribution in [2.75, 3.05) is 0 Å². The van der Waals surface area contributed by atoms with Crippen LogP contribution in [0.3, 0.4) is 0 Å². The molecule has 0 heteroatoms. The second kappa shape index (κ2) is 8.38. The van der Waals surface area contributed by atoms with E-state index in [9.17, 15) is 0 Å². The number of aryl methyl sites for hydroxylation is 1. The Balaban J connectivity index is 0.000000811. The van der Waals surface area contributed by atoms with Crippen molar-refractivity contribution in [1.82, 2.24) is 0 Å². The fourth-order valence-electron chi connectivity index (χ4n) is 2.54. The van der Waals surface area contributed by atoms with Crippen LogP contribution in [0, 0.1) is 5.92 Å². The summed E-state index contributed by atoms with van der Waals surface area (Å²) in [4.78, 5) is 0. The van der Waals surface area contributed by atoms with Crippen molar-refractivity contribution in [3.8, 4) is 0 Å². The molecule has 0 N–H and O–H groups in total. The molecule has 0 bridgehead atoms. The van der Waals surface area contributed by atoms with Crippen molar-refractivity contribution in [3.63, 3.8) is 0 Å². The van der Waals surface area contributed by atoms with Gasteiger partial charge in [-0.15, -0.1) is 0 Å². The summed E-state index contributed by atoms with van der Waals surface area (Å²) < 4.78 is 0. The van der Waals surface area contributed by atoms with Gasteiger partial charge in [0.1, 0.15) is 0 Å². The molecule has 0 heterocycles. The second-order valence-corrected chi connectivity index (χ2v) is 4.53. The van der Waals surface area contributed by atoms with Crippen LogP contribution in [-0.4, -0.2) is 0 Å². The number of hydrogen-bond acceptors (Lipinski definition) is 0. The normalized spacial score (nSPS) is 15.6. The Labute approximate surface area is 103 Å². The molecule has 1 aliphatic carbocycles. The Morgan fingerprint density at radius 1 is 1.06 bits per heavy atom. The first kappa shape index (κ1) is 13.3. The minimum atomic E-state index is 0. The van der Waals surface area contributed by atoms with Gasteiger partial charge in [0.2, 0.25) is 0 Å². The van der Waals surface area contributed by atoms with Gasteiger partial charge in [-0.05, 0) is 24.3 Å². The Kier molecular flexibility index (Phi) is 6.96. The molecule has 2 rings (SSSR count). The van der Waals surface area contributed by atoms with E-state index >= 15 is 0 Å². The van der Waals surface area contributed by atoms with Crippen LogP contribution in [0.1, 0.15) is 59.4 Å². The molecule has 0 nitrogen and oxygen atoms in total. The van der Waals surface area contributed by atoms with E-state index in [4.69, 9.17) is 0 Å². The molecule has 92 valence electrons. The molecule has 0 spiro atoms. The maximum absolute atomic E-state index is 2.24. The van der Waals surface area contributed by atoms with Gasteiger partial charge in [0, 0.05) is 1.43 Å². The molecule has 0 aliphatic heterocycles. The van der Waals surface area contributed by atoms with Gasteiger partial charge in [-0.3, -0.25) is 0 Å². The van der Waals surface area contributed by atoms with E-state index < -0.39 is 0 Å². The summed E-state index contributed by atoms with van der Waals surface area (Å²) in [5, 5.41) is 0. The highest BCUT2D eigenvalue weighted by Gasteiger charge is 2.13. The fourth-order valence-corrected chi connectivity index (χ4v) is 2.54. The lowest BCUT2D eigenvalue weighted by molar-refractivity contribution is 0.484. The van der Waals surface area contributed by atoms with Gasteiger partial charge in [-0.1, -0.05) is 76.3 Å². The summed E-state index contributed by atoms with van der Waals surface area (Å²) >= 11 is 0. The van der Waals surface area contributed by atoms with E-state index in [1.165, 1.54) is 50.5 Å². The van der Waals surface area contributed by atoms with Crippen LogP contribution in [0.15, 0.2) is 30.3 Å². The lowest BCUT2D eigenvalue weighted by atomic mass is 9.98. The minimum absolute atomic E-state index is 0. The first-order valence-electron chi connectivity index (χ1n) is 6.99. The average Bonchev–Trinajstić information content (AvgIpc) is 2.86. The quantitative estimate of drug-likeness (QED) is 0.631. The summed E-state index contributed by atoms with van der Waals surface area (Å²) in [5.41, 5.74) is 1.51. The van der Waals surface area contributed by atoms with Gasteiger partial charge in [0.05, 0.1) is 0 Å². The maximum atomic E-state index is 2.24. The lowest BCUT2D eigenvalue weighted by Gasteiger charge is -2.07. The molecular weight excluding hydrogens is 192 g/mol. The lowest BCUT2D eigenvalue weighted by Crippen LogP contribution is -1.94. The van der Waals surface area contributed by atoms with E-state index in [0.717, 1.165) is 5.92 Å². The minimum Gasteiger partial charge on any atom is -0.0683 e. The van der Waals surface area contributed by atoms with Gasteiger partial charge in [0.25, 0.3) is 0 Å². The molecule has 0 radical (unpaired) electrons. The third-order valence-electron chi connectivity index (χ3n) is 3.40. The molecular formula is C16H28. The Morgan fingerprint density at radius 2 is 1.69 bits per heavy atom. The number of benzene rings is 1. The molecule has 0 saturated heterocycles. The van der Waals surface area contributed by atoms with Crippen molar-refractivity contribution in [2.24, 2.45) is 5.92 Å². The Hall–Kier alpha value is -0.780. The predicted octanol–water partition coefficient (Wildman–Crippen LogP) is 5.47. The number of hydrogen-bond donors (Lipinski definition) is 0. The number of rotatable bonds is 4. The van der Waals surface area contributed by atoms with Gasteiger partial charge in [0.15, 0.2) is 0 Å². The summed E-state index contributed by atoms with van der Waals surface area (Å²) in [6.45, 7) is 4.00. The molecule has 1 aromatic carbocycles. The summed E-state index contributed by atoms with van der Waals surface area (Å²) in [5.74, 6) is 1.05. The molecule has 0 unspecified atom stereocenters. The highest BCUT2D eigenvalue weighted by molar-refractivity contribution is 5.14. The van der Waals surface area contributed by atoms with E-state index in [0.29, 0.717) is 0 Å². The van der Waals surface area contributed by atoms with E-state index in [1.807, 2.05) is 13.8 Å². The molecule has 1 fully saturated rings. The third-order valence-corrected chi connectivity index (χ3v) is 3.40. The zero-order valence-corrected chi connectivity index (χ0v) is 10.9. The predicted molar refractivity (Wildman–Crippen MR) is 74.8 cm³/mol. The largest absolute Gasteiger partial charge is 0.0683 e. The zero-order valence-electron chi connectivity index (χ0n) is 10.9. The Morgan fingerprint density at radius 3 is 2.31 bits per heavy atom. The highest BCUT2D eigenvalue weighted by Crippen LogP contribution is 2.28. The first-order valence-corrected chi connectivity index (χ1v) is 6.99. The first-order chi connectivity index (χ1) is 7.95. The van der Waals surface area contributed by atoms with Crippen LogP contribution >= 0.6 is 0 Å². The van der Waals surface area contributed by atoms with E-state index in [1.54, 1.807) is 0 Å². The fraction of sp³-hybridized carbons (Fsp3) is 0.625. The molecule has 0 amide bonds. The van der Waals surface area contributed by atoms with Crippen LogP contribution in [0.5, 0.6) is 0 Å². The zero-order chi connectivity index (χ0) is 11.6. The summed E-state index contributed by atoms with van der Waals surface area (Å²) in [6.07, 6.45) is 10.1. The van der Waals surface area contributed by atoms with Crippen LogP contribution in [0.4, 0.5) is 0 Å². The van der Waals surface area contributed by atoms with Gasteiger partial charge in [-0.25, -0.2) is 0 Å². The van der Waals surface area contributed by atoms with Crippen LogP contribution in [-0.2, 0) is 6.42 Å². The molecule has 1 aliphatic rings. The second-order valence-electron chi connectivity index (χ2n) is 4.53. The molecule has 0 atom stereocenters.